The molecule has 0 aliphatic heterocycles. The highest BCUT2D eigenvalue weighted by atomic mass is 32.2. The molecule has 0 aliphatic rings. The van der Waals surface area contributed by atoms with Crippen LogP contribution in [0.4, 0.5) is 0 Å². The van der Waals surface area contributed by atoms with E-state index in [1.165, 1.54) is 17.3 Å². The van der Waals surface area contributed by atoms with Crippen LogP contribution in [0.25, 0.3) is 0 Å². The van der Waals surface area contributed by atoms with Gasteiger partial charge in [-0.2, -0.15) is 0 Å². The summed E-state index contributed by atoms with van der Waals surface area (Å²) in [6, 6.07) is 18.2. The van der Waals surface area contributed by atoms with Crippen molar-refractivity contribution in [3.63, 3.8) is 0 Å². The fraction of sp³-hybridized carbons (Fsp3) is 0.346. The standard InChI is InChI=1S/C26H31N3O2S/c1-18-22(15-19-11-13-21(14-12-19)26(2,3)4)24(31)29(5)25(28-18)32-17-23(30)27-16-20-9-7-6-8-10-20/h6-14H,15-17H2,1-5H3,(H,27,30). The minimum atomic E-state index is -0.0891. The Bertz CT molecular complexity index is 1130. The Morgan fingerprint density at radius 3 is 2.31 bits per heavy atom. The van der Waals surface area contributed by atoms with Gasteiger partial charge in [0.2, 0.25) is 5.91 Å². The second-order valence-corrected chi connectivity index (χ2v) is 9.94. The second-order valence-electron chi connectivity index (χ2n) is 9.00. The maximum Gasteiger partial charge on any atom is 0.257 e. The van der Waals surface area contributed by atoms with E-state index < -0.39 is 0 Å². The Labute approximate surface area is 194 Å². The van der Waals surface area contributed by atoms with Crippen LogP contribution in [0.5, 0.6) is 0 Å². The zero-order valence-corrected chi connectivity index (χ0v) is 20.3. The van der Waals surface area contributed by atoms with Gasteiger partial charge in [0.25, 0.3) is 5.56 Å². The molecule has 0 bridgehead atoms. The molecule has 0 saturated carbocycles. The summed E-state index contributed by atoms with van der Waals surface area (Å²) in [6.07, 6.45) is 0.540. The maximum atomic E-state index is 13.0. The maximum absolute atomic E-state index is 13.0. The smallest absolute Gasteiger partial charge is 0.257 e. The number of hydrogen-bond acceptors (Lipinski definition) is 4. The van der Waals surface area contributed by atoms with Crippen LogP contribution in [0, 0.1) is 6.92 Å². The monoisotopic (exact) mass is 449 g/mol. The number of rotatable bonds is 7. The highest BCUT2D eigenvalue weighted by Gasteiger charge is 2.16. The number of benzene rings is 2. The molecule has 0 atom stereocenters. The van der Waals surface area contributed by atoms with Crippen molar-refractivity contribution in [2.24, 2.45) is 7.05 Å². The van der Waals surface area contributed by atoms with E-state index in [1.54, 1.807) is 11.6 Å². The first kappa shape index (κ1) is 23.8. The van der Waals surface area contributed by atoms with Crippen molar-refractivity contribution in [1.82, 2.24) is 14.9 Å². The van der Waals surface area contributed by atoms with Crippen molar-refractivity contribution < 1.29 is 4.79 Å². The van der Waals surface area contributed by atoms with E-state index in [1.807, 2.05) is 37.3 Å². The van der Waals surface area contributed by atoms with Gasteiger partial charge in [-0.25, -0.2) is 4.98 Å². The average molecular weight is 450 g/mol. The molecule has 1 amide bonds. The first-order valence-corrected chi connectivity index (χ1v) is 11.7. The zero-order valence-electron chi connectivity index (χ0n) is 19.4. The molecule has 0 radical (unpaired) electrons. The lowest BCUT2D eigenvalue weighted by atomic mass is 9.86. The highest BCUT2D eigenvalue weighted by molar-refractivity contribution is 7.99. The Morgan fingerprint density at radius 2 is 1.69 bits per heavy atom. The molecule has 1 N–H and O–H groups in total. The van der Waals surface area contributed by atoms with E-state index >= 15 is 0 Å². The topological polar surface area (TPSA) is 64.0 Å². The molecule has 0 saturated heterocycles. The van der Waals surface area contributed by atoms with Gasteiger partial charge in [0.05, 0.1) is 5.75 Å². The van der Waals surface area contributed by atoms with Gasteiger partial charge in [0, 0.05) is 31.3 Å². The largest absolute Gasteiger partial charge is 0.351 e. The molecule has 32 heavy (non-hydrogen) atoms. The van der Waals surface area contributed by atoms with Crippen LogP contribution in [0.2, 0.25) is 0 Å². The molecule has 0 fully saturated rings. The molecular formula is C26H31N3O2S. The van der Waals surface area contributed by atoms with E-state index in [0.717, 1.165) is 11.1 Å². The fourth-order valence-corrected chi connectivity index (χ4v) is 4.21. The van der Waals surface area contributed by atoms with Crippen molar-refractivity contribution in [3.8, 4) is 0 Å². The molecule has 0 unspecified atom stereocenters. The Hall–Kier alpha value is -2.86. The molecule has 3 aromatic rings. The summed E-state index contributed by atoms with van der Waals surface area (Å²) in [5.74, 6) is 0.119. The number of nitrogens with one attached hydrogen (secondary N) is 1. The van der Waals surface area contributed by atoms with Crippen LogP contribution in [-0.2, 0) is 30.2 Å². The first-order chi connectivity index (χ1) is 15.1. The van der Waals surface area contributed by atoms with Gasteiger partial charge in [-0.3, -0.25) is 14.2 Å². The molecule has 1 aromatic heterocycles. The van der Waals surface area contributed by atoms with Crippen molar-refractivity contribution >= 4 is 17.7 Å². The quantitative estimate of drug-likeness (QED) is 0.429. The first-order valence-electron chi connectivity index (χ1n) is 10.7. The van der Waals surface area contributed by atoms with Gasteiger partial charge in [0.1, 0.15) is 0 Å². The number of carbonyl (C=O) groups is 1. The van der Waals surface area contributed by atoms with E-state index in [9.17, 15) is 9.59 Å². The van der Waals surface area contributed by atoms with Crippen LogP contribution in [0.15, 0.2) is 64.5 Å². The third-order valence-electron chi connectivity index (χ3n) is 5.42. The zero-order chi connectivity index (χ0) is 23.3. The summed E-state index contributed by atoms with van der Waals surface area (Å²) in [6.45, 7) is 8.90. The lowest BCUT2D eigenvalue weighted by molar-refractivity contribution is -0.118. The molecule has 0 spiro atoms. The molecule has 168 valence electrons. The van der Waals surface area contributed by atoms with Crippen molar-refractivity contribution in [3.05, 3.63) is 92.9 Å². The second kappa shape index (κ2) is 10.2. The molecular weight excluding hydrogens is 418 g/mol. The number of carbonyl (C=O) groups excluding carboxylic acids is 1. The average Bonchev–Trinajstić information content (AvgIpc) is 2.77. The Kier molecular flexibility index (Phi) is 7.56. The van der Waals surface area contributed by atoms with Crippen LogP contribution in [0.3, 0.4) is 0 Å². The minimum absolute atomic E-state index is 0.0652. The molecule has 0 aliphatic carbocycles. The number of hydrogen-bond donors (Lipinski definition) is 1. The van der Waals surface area contributed by atoms with Crippen LogP contribution in [-0.4, -0.2) is 21.2 Å². The van der Waals surface area contributed by atoms with E-state index in [0.29, 0.717) is 29.4 Å². The van der Waals surface area contributed by atoms with Crippen molar-refractivity contribution in [2.45, 2.75) is 51.2 Å². The van der Waals surface area contributed by atoms with Gasteiger partial charge in [-0.05, 0) is 29.0 Å². The molecule has 1 heterocycles. The number of thioether (sulfide) groups is 1. The molecule has 3 rings (SSSR count). The highest BCUT2D eigenvalue weighted by Crippen LogP contribution is 2.23. The van der Waals surface area contributed by atoms with E-state index in [2.05, 4.69) is 55.3 Å². The van der Waals surface area contributed by atoms with E-state index in [4.69, 9.17) is 0 Å². The molecule has 5 nitrogen and oxygen atoms in total. The summed E-state index contributed by atoms with van der Waals surface area (Å²) in [5.41, 5.74) is 4.83. The predicted molar refractivity (Wildman–Crippen MR) is 131 cm³/mol. The van der Waals surface area contributed by atoms with Crippen LogP contribution in [0.1, 0.15) is 48.7 Å². The minimum Gasteiger partial charge on any atom is -0.351 e. The van der Waals surface area contributed by atoms with Gasteiger partial charge in [-0.15, -0.1) is 0 Å². The molecule has 6 heteroatoms. The number of aromatic nitrogens is 2. The normalized spacial score (nSPS) is 11.4. The third kappa shape index (κ3) is 6.10. The van der Waals surface area contributed by atoms with Crippen molar-refractivity contribution in [1.29, 1.82) is 0 Å². The third-order valence-corrected chi connectivity index (χ3v) is 6.45. The Balaban J connectivity index is 1.66. The summed E-state index contributed by atoms with van der Waals surface area (Å²) < 4.78 is 1.54. The number of nitrogens with zero attached hydrogens (tertiary/aromatic N) is 2. The summed E-state index contributed by atoms with van der Waals surface area (Å²) in [4.78, 5) is 29.9. The lowest BCUT2D eigenvalue weighted by Gasteiger charge is -2.19. The van der Waals surface area contributed by atoms with Gasteiger partial charge >= 0.3 is 0 Å². The number of aryl methyl sites for hydroxylation is 1. The Morgan fingerprint density at radius 1 is 1.03 bits per heavy atom. The SMILES string of the molecule is Cc1nc(SCC(=O)NCc2ccccc2)n(C)c(=O)c1Cc1ccc(C(C)(C)C)cc1. The van der Waals surface area contributed by atoms with Gasteiger partial charge in [-0.1, -0.05) is 87.1 Å². The predicted octanol–water partition coefficient (Wildman–Crippen LogP) is 4.39. The van der Waals surface area contributed by atoms with Crippen LogP contribution >= 0.6 is 11.8 Å². The summed E-state index contributed by atoms with van der Waals surface area (Å²) in [7, 11) is 1.71. The number of amides is 1. The summed E-state index contributed by atoms with van der Waals surface area (Å²) in [5, 5.41) is 3.45. The van der Waals surface area contributed by atoms with Crippen LogP contribution < -0.4 is 10.9 Å². The summed E-state index contributed by atoms with van der Waals surface area (Å²) >= 11 is 1.28. The lowest BCUT2D eigenvalue weighted by Crippen LogP contribution is -2.28. The van der Waals surface area contributed by atoms with Gasteiger partial charge < -0.3 is 5.32 Å². The van der Waals surface area contributed by atoms with E-state index in [-0.39, 0.29) is 22.6 Å². The fourth-order valence-electron chi connectivity index (χ4n) is 3.37. The van der Waals surface area contributed by atoms with Crippen molar-refractivity contribution in [2.75, 3.05) is 5.75 Å². The molecule has 2 aromatic carbocycles. The van der Waals surface area contributed by atoms with Gasteiger partial charge in [0.15, 0.2) is 5.16 Å².